The number of rotatable bonds is 6. The molecular formula is C20H23NO3S. The second-order valence-corrected chi connectivity index (χ2v) is 7.10. The maximum Gasteiger partial charge on any atom is 0.174 e. The fourth-order valence-electron chi connectivity index (χ4n) is 2.95. The molecule has 0 atom stereocenters. The molecule has 1 aromatic carbocycles. The highest BCUT2D eigenvalue weighted by molar-refractivity contribution is 8.00. The van der Waals surface area contributed by atoms with E-state index < -0.39 is 0 Å². The van der Waals surface area contributed by atoms with Crippen LogP contribution in [0.25, 0.3) is 0 Å². The van der Waals surface area contributed by atoms with E-state index >= 15 is 0 Å². The number of carbonyl (C=O) groups excluding carboxylic acids is 1. The van der Waals surface area contributed by atoms with E-state index in [9.17, 15) is 4.79 Å². The normalized spacial score (nSPS) is 13.4. The van der Waals surface area contributed by atoms with Crippen molar-refractivity contribution in [2.24, 2.45) is 0 Å². The molecule has 1 aliphatic heterocycles. The first-order valence-electron chi connectivity index (χ1n) is 8.43. The maximum absolute atomic E-state index is 12.6. The van der Waals surface area contributed by atoms with E-state index in [0.717, 1.165) is 46.3 Å². The summed E-state index contributed by atoms with van der Waals surface area (Å²) in [6, 6.07) is 7.82. The van der Waals surface area contributed by atoms with E-state index in [0.29, 0.717) is 19.0 Å². The molecule has 1 aliphatic rings. The standard InChI is InChI=1S/C20H23NO3S/c1-4-8-21-14(2)11-17(15(21)3)18(22)13-25-16-6-7-19-20(12-16)24-10-5-9-23-19/h4,6-7,11-12H,1,5,8-10,13H2,2-3H3. The molecule has 0 amide bonds. The minimum Gasteiger partial charge on any atom is -0.490 e. The molecule has 0 spiro atoms. The summed E-state index contributed by atoms with van der Waals surface area (Å²) >= 11 is 1.53. The number of ether oxygens (including phenoxy) is 2. The number of thioether (sulfide) groups is 1. The molecule has 1 aromatic heterocycles. The number of carbonyl (C=O) groups is 1. The first-order valence-corrected chi connectivity index (χ1v) is 9.42. The van der Waals surface area contributed by atoms with Crippen molar-refractivity contribution in [2.75, 3.05) is 19.0 Å². The molecule has 0 saturated heterocycles. The van der Waals surface area contributed by atoms with Crippen LogP contribution in [0.15, 0.2) is 41.8 Å². The lowest BCUT2D eigenvalue weighted by Crippen LogP contribution is -2.06. The van der Waals surface area contributed by atoms with Gasteiger partial charge in [0.15, 0.2) is 17.3 Å². The number of fused-ring (bicyclic) bond motifs is 1. The Hall–Kier alpha value is -2.14. The summed E-state index contributed by atoms with van der Waals surface area (Å²) in [6.45, 7) is 9.85. The average molecular weight is 357 g/mol. The zero-order valence-corrected chi connectivity index (χ0v) is 15.5. The van der Waals surface area contributed by atoms with Crippen LogP contribution >= 0.6 is 11.8 Å². The molecule has 25 heavy (non-hydrogen) atoms. The topological polar surface area (TPSA) is 40.5 Å². The van der Waals surface area contributed by atoms with Crippen molar-refractivity contribution < 1.29 is 14.3 Å². The number of ketones is 1. The van der Waals surface area contributed by atoms with Crippen molar-refractivity contribution in [2.45, 2.75) is 31.7 Å². The van der Waals surface area contributed by atoms with Crippen LogP contribution in [0.5, 0.6) is 11.5 Å². The third-order valence-corrected chi connectivity index (χ3v) is 5.27. The highest BCUT2D eigenvalue weighted by Crippen LogP contribution is 2.34. The summed E-state index contributed by atoms with van der Waals surface area (Å²) in [5.74, 6) is 2.08. The molecule has 2 aromatic rings. The van der Waals surface area contributed by atoms with Crippen LogP contribution in [0.1, 0.15) is 28.2 Å². The van der Waals surface area contributed by atoms with Crippen LogP contribution in [-0.2, 0) is 6.54 Å². The Balaban J connectivity index is 1.69. The van der Waals surface area contributed by atoms with Crippen molar-refractivity contribution in [3.63, 3.8) is 0 Å². The zero-order valence-electron chi connectivity index (χ0n) is 14.7. The van der Waals surface area contributed by atoms with Gasteiger partial charge in [-0.25, -0.2) is 0 Å². The highest BCUT2D eigenvalue weighted by Gasteiger charge is 2.16. The van der Waals surface area contributed by atoms with Crippen molar-refractivity contribution in [3.05, 3.63) is 53.9 Å². The molecule has 3 rings (SSSR count). The fraction of sp³-hybridized carbons (Fsp3) is 0.350. The van der Waals surface area contributed by atoms with Crippen LogP contribution in [-0.4, -0.2) is 29.3 Å². The Labute approximate surface area is 152 Å². The largest absolute Gasteiger partial charge is 0.490 e. The van der Waals surface area contributed by atoms with E-state index in [4.69, 9.17) is 9.47 Å². The second-order valence-electron chi connectivity index (χ2n) is 6.05. The predicted octanol–water partition coefficient (Wildman–Crippen LogP) is 4.43. The van der Waals surface area contributed by atoms with E-state index in [1.807, 2.05) is 44.2 Å². The Bertz CT molecular complexity index is 794. The molecule has 0 saturated carbocycles. The Kier molecular flexibility index (Phi) is 5.53. The van der Waals surface area contributed by atoms with Gasteiger partial charge in [0.1, 0.15) is 0 Å². The Morgan fingerprint density at radius 1 is 1.24 bits per heavy atom. The molecule has 4 nitrogen and oxygen atoms in total. The summed E-state index contributed by atoms with van der Waals surface area (Å²) < 4.78 is 13.5. The number of Topliss-reactive ketones (excluding diaryl/α,β-unsaturated/α-hetero) is 1. The van der Waals surface area contributed by atoms with Crippen molar-refractivity contribution >= 4 is 17.5 Å². The third-order valence-electron chi connectivity index (χ3n) is 4.27. The molecule has 5 heteroatoms. The van der Waals surface area contributed by atoms with Gasteiger partial charge in [-0.3, -0.25) is 4.79 Å². The first kappa shape index (κ1) is 17.7. The van der Waals surface area contributed by atoms with Crippen LogP contribution in [0.3, 0.4) is 0 Å². The quantitative estimate of drug-likeness (QED) is 0.436. The Morgan fingerprint density at radius 2 is 2.00 bits per heavy atom. The van der Waals surface area contributed by atoms with Gasteiger partial charge in [0.25, 0.3) is 0 Å². The molecule has 2 heterocycles. The van der Waals surface area contributed by atoms with E-state index in [2.05, 4.69) is 11.1 Å². The van der Waals surface area contributed by atoms with E-state index in [1.54, 1.807) is 0 Å². The van der Waals surface area contributed by atoms with Gasteiger partial charge in [0, 0.05) is 34.8 Å². The van der Waals surface area contributed by atoms with Gasteiger partial charge in [0.05, 0.1) is 19.0 Å². The number of hydrogen-bond acceptors (Lipinski definition) is 4. The van der Waals surface area contributed by atoms with E-state index in [1.165, 1.54) is 11.8 Å². The van der Waals surface area contributed by atoms with Gasteiger partial charge >= 0.3 is 0 Å². The SMILES string of the molecule is C=CCn1c(C)cc(C(=O)CSc2ccc3c(c2)OCCCO3)c1C. The first-order chi connectivity index (χ1) is 12.1. The molecule has 0 N–H and O–H groups in total. The lowest BCUT2D eigenvalue weighted by atomic mass is 10.2. The fourth-order valence-corrected chi connectivity index (χ4v) is 3.76. The summed E-state index contributed by atoms with van der Waals surface area (Å²) in [6.07, 6.45) is 2.73. The maximum atomic E-state index is 12.6. The number of aryl methyl sites for hydroxylation is 1. The van der Waals surface area contributed by atoms with Gasteiger partial charge in [0.2, 0.25) is 0 Å². The molecular weight excluding hydrogens is 334 g/mol. The molecule has 132 valence electrons. The molecule has 0 aliphatic carbocycles. The monoisotopic (exact) mass is 357 g/mol. The number of hydrogen-bond donors (Lipinski definition) is 0. The van der Waals surface area contributed by atoms with Crippen LogP contribution < -0.4 is 9.47 Å². The number of nitrogens with zero attached hydrogens (tertiary/aromatic N) is 1. The number of aromatic nitrogens is 1. The average Bonchev–Trinajstić information content (AvgIpc) is 2.79. The summed E-state index contributed by atoms with van der Waals surface area (Å²) in [5.41, 5.74) is 2.88. The third kappa shape index (κ3) is 3.93. The minimum atomic E-state index is 0.139. The van der Waals surface area contributed by atoms with Crippen molar-refractivity contribution in [1.82, 2.24) is 4.57 Å². The minimum absolute atomic E-state index is 0.139. The van der Waals surface area contributed by atoms with E-state index in [-0.39, 0.29) is 5.78 Å². The van der Waals surface area contributed by atoms with Gasteiger partial charge in [-0.05, 0) is 38.1 Å². The number of benzene rings is 1. The summed E-state index contributed by atoms with van der Waals surface area (Å²) in [4.78, 5) is 13.6. The van der Waals surface area contributed by atoms with Gasteiger partial charge in [-0.2, -0.15) is 0 Å². The van der Waals surface area contributed by atoms with Crippen LogP contribution in [0.4, 0.5) is 0 Å². The van der Waals surface area contributed by atoms with Gasteiger partial charge < -0.3 is 14.0 Å². The summed E-state index contributed by atoms with van der Waals surface area (Å²) in [7, 11) is 0. The lowest BCUT2D eigenvalue weighted by Gasteiger charge is -2.09. The smallest absolute Gasteiger partial charge is 0.174 e. The van der Waals surface area contributed by atoms with Gasteiger partial charge in [-0.1, -0.05) is 6.08 Å². The second kappa shape index (κ2) is 7.83. The molecule has 0 unspecified atom stereocenters. The summed E-state index contributed by atoms with van der Waals surface area (Å²) in [5, 5.41) is 0. The van der Waals surface area contributed by atoms with Crippen molar-refractivity contribution in [3.8, 4) is 11.5 Å². The van der Waals surface area contributed by atoms with Crippen LogP contribution in [0.2, 0.25) is 0 Å². The molecule has 0 bridgehead atoms. The number of allylic oxidation sites excluding steroid dienone is 1. The molecule has 0 radical (unpaired) electrons. The van der Waals surface area contributed by atoms with Gasteiger partial charge in [-0.15, -0.1) is 18.3 Å². The molecule has 0 fully saturated rings. The zero-order chi connectivity index (χ0) is 17.8. The predicted molar refractivity (Wildman–Crippen MR) is 101 cm³/mol. The van der Waals surface area contributed by atoms with Crippen molar-refractivity contribution in [1.29, 1.82) is 0 Å². The Morgan fingerprint density at radius 3 is 2.76 bits per heavy atom. The highest BCUT2D eigenvalue weighted by atomic mass is 32.2. The lowest BCUT2D eigenvalue weighted by molar-refractivity contribution is 0.102. The van der Waals surface area contributed by atoms with Crippen LogP contribution in [0, 0.1) is 13.8 Å².